The van der Waals surface area contributed by atoms with Crippen LogP contribution >= 0.6 is 0 Å². The van der Waals surface area contributed by atoms with E-state index in [2.05, 4.69) is 40.5 Å². The first-order valence-electron chi connectivity index (χ1n) is 8.88. The lowest BCUT2D eigenvalue weighted by Gasteiger charge is -2.33. The van der Waals surface area contributed by atoms with Crippen LogP contribution in [0.5, 0.6) is 0 Å². The van der Waals surface area contributed by atoms with Gasteiger partial charge in [-0.15, -0.1) is 0 Å². The Morgan fingerprint density at radius 1 is 1.09 bits per heavy atom. The number of benzene rings is 1. The van der Waals surface area contributed by atoms with Gasteiger partial charge in [0.2, 0.25) is 5.91 Å². The summed E-state index contributed by atoms with van der Waals surface area (Å²) < 4.78 is 0. The van der Waals surface area contributed by atoms with Crippen molar-refractivity contribution in [3.05, 3.63) is 35.9 Å². The molecule has 0 unspecified atom stereocenters. The largest absolute Gasteiger partial charge is 0.352 e. The summed E-state index contributed by atoms with van der Waals surface area (Å²) in [4.78, 5) is 14.8. The van der Waals surface area contributed by atoms with Gasteiger partial charge in [-0.05, 0) is 44.2 Å². The highest BCUT2D eigenvalue weighted by Gasteiger charge is 2.26. The van der Waals surface area contributed by atoms with Crippen LogP contribution < -0.4 is 5.32 Å². The summed E-state index contributed by atoms with van der Waals surface area (Å²) in [5, 5.41) is 3.31. The molecule has 1 heterocycles. The Labute approximate surface area is 134 Å². The molecular formula is C19H28N2O. The zero-order valence-electron chi connectivity index (χ0n) is 13.5. The lowest BCUT2D eigenvalue weighted by atomic mass is 10.0. The molecule has 0 aromatic heterocycles. The quantitative estimate of drug-likeness (QED) is 0.906. The van der Waals surface area contributed by atoms with Crippen LogP contribution in [-0.4, -0.2) is 36.5 Å². The minimum Gasteiger partial charge on any atom is -0.352 e. The molecule has 1 aromatic carbocycles. The van der Waals surface area contributed by atoms with E-state index >= 15 is 0 Å². The molecule has 1 aliphatic carbocycles. The number of carbonyl (C=O) groups is 1. The minimum atomic E-state index is 0.291. The van der Waals surface area contributed by atoms with Gasteiger partial charge in [0.15, 0.2) is 0 Å². The van der Waals surface area contributed by atoms with Gasteiger partial charge in [-0.1, -0.05) is 43.2 Å². The Morgan fingerprint density at radius 3 is 2.64 bits per heavy atom. The maximum absolute atomic E-state index is 12.3. The maximum Gasteiger partial charge on any atom is 0.223 e. The summed E-state index contributed by atoms with van der Waals surface area (Å²) in [6, 6.07) is 11.0. The first kappa shape index (κ1) is 15.5. The third kappa shape index (κ3) is 4.33. The smallest absolute Gasteiger partial charge is 0.223 e. The molecule has 0 radical (unpaired) electrons. The monoisotopic (exact) mass is 300 g/mol. The highest BCUT2D eigenvalue weighted by molar-refractivity contribution is 5.79. The highest BCUT2D eigenvalue weighted by atomic mass is 16.1. The lowest BCUT2D eigenvalue weighted by molar-refractivity contribution is -0.125. The van der Waals surface area contributed by atoms with Crippen molar-refractivity contribution in [3.63, 3.8) is 0 Å². The summed E-state index contributed by atoms with van der Waals surface area (Å²) >= 11 is 0. The normalized spacial score (nSPS) is 23.5. The number of hydrogen-bond donors (Lipinski definition) is 1. The van der Waals surface area contributed by atoms with E-state index in [1.54, 1.807) is 0 Å². The van der Waals surface area contributed by atoms with Gasteiger partial charge in [0.25, 0.3) is 0 Å². The van der Waals surface area contributed by atoms with Crippen molar-refractivity contribution < 1.29 is 4.79 Å². The van der Waals surface area contributed by atoms with Crippen molar-refractivity contribution in [2.75, 3.05) is 19.6 Å². The molecule has 1 amide bonds. The Balaban J connectivity index is 1.43. The summed E-state index contributed by atoms with van der Waals surface area (Å²) in [6.45, 7) is 3.29. The molecule has 3 nitrogen and oxygen atoms in total. The molecule has 120 valence electrons. The van der Waals surface area contributed by atoms with Crippen LogP contribution in [0, 0.1) is 5.92 Å². The van der Waals surface area contributed by atoms with Gasteiger partial charge in [-0.2, -0.15) is 0 Å². The second-order valence-corrected chi connectivity index (χ2v) is 6.87. The fraction of sp³-hybridized carbons (Fsp3) is 0.632. The Hall–Kier alpha value is -1.35. The van der Waals surface area contributed by atoms with Crippen LogP contribution in [-0.2, 0) is 11.2 Å². The van der Waals surface area contributed by atoms with Gasteiger partial charge >= 0.3 is 0 Å². The SMILES string of the molecule is O=C(N[C@@H]1CCCN(CCc2ccccc2)C1)C1CCCC1. The third-order valence-electron chi connectivity index (χ3n) is 5.14. The molecule has 3 rings (SSSR count). The Bertz CT molecular complexity index is 468. The van der Waals surface area contributed by atoms with E-state index < -0.39 is 0 Å². The molecule has 0 spiro atoms. The van der Waals surface area contributed by atoms with Gasteiger partial charge < -0.3 is 10.2 Å². The van der Waals surface area contributed by atoms with E-state index in [1.165, 1.54) is 31.4 Å². The molecule has 3 heteroatoms. The standard InChI is InChI=1S/C19H28N2O/c22-19(17-9-4-5-10-17)20-18-11-6-13-21(15-18)14-12-16-7-2-1-3-8-16/h1-3,7-8,17-18H,4-6,9-15H2,(H,20,22)/t18-/m1/s1. The van der Waals surface area contributed by atoms with Crippen LogP contribution in [0.2, 0.25) is 0 Å². The minimum absolute atomic E-state index is 0.291. The summed E-state index contributed by atoms with van der Waals surface area (Å²) in [6.07, 6.45) is 8.08. The molecule has 22 heavy (non-hydrogen) atoms. The first-order chi connectivity index (χ1) is 10.8. The van der Waals surface area contributed by atoms with Crippen LogP contribution in [0.4, 0.5) is 0 Å². The van der Waals surface area contributed by atoms with E-state index in [0.717, 1.165) is 38.8 Å². The molecule has 1 saturated carbocycles. The van der Waals surface area contributed by atoms with E-state index in [1.807, 2.05) is 0 Å². The van der Waals surface area contributed by atoms with Gasteiger partial charge in [-0.3, -0.25) is 4.79 Å². The first-order valence-corrected chi connectivity index (χ1v) is 8.88. The predicted molar refractivity (Wildman–Crippen MR) is 89.7 cm³/mol. The number of rotatable bonds is 5. The van der Waals surface area contributed by atoms with Crippen LogP contribution in [0.25, 0.3) is 0 Å². The molecule has 1 aromatic rings. The number of piperidine rings is 1. The van der Waals surface area contributed by atoms with Crippen molar-refractivity contribution in [2.45, 2.75) is 51.0 Å². The Morgan fingerprint density at radius 2 is 1.86 bits per heavy atom. The topological polar surface area (TPSA) is 32.3 Å². The number of carbonyl (C=O) groups excluding carboxylic acids is 1. The zero-order chi connectivity index (χ0) is 15.2. The predicted octanol–water partition coefficient (Wildman–Crippen LogP) is 3.00. The van der Waals surface area contributed by atoms with Crippen LogP contribution in [0.1, 0.15) is 44.1 Å². The third-order valence-corrected chi connectivity index (χ3v) is 5.14. The molecular weight excluding hydrogens is 272 g/mol. The van der Waals surface area contributed by atoms with E-state index in [4.69, 9.17) is 0 Å². The number of hydrogen-bond acceptors (Lipinski definition) is 2. The summed E-state index contributed by atoms with van der Waals surface area (Å²) in [5.41, 5.74) is 1.40. The van der Waals surface area contributed by atoms with Crippen molar-refractivity contribution in [3.8, 4) is 0 Å². The molecule has 1 aliphatic heterocycles. The molecule has 2 fully saturated rings. The van der Waals surface area contributed by atoms with Crippen LogP contribution in [0.15, 0.2) is 30.3 Å². The second kappa shape index (κ2) is 7.77. The van der Waals surface area contributed by atoms with Crippen LogP contribution in [0.3, 0.4) is 0 Å². The van der Waals surface area contributed by atoms with E-state index in [0.29, 0.717) is 17.9 Å². The number of likely N-dealkylation sites (tertiary alicyclic amines) is 1. The van der Waals surface area contributed by atoms with E-state index in [-0.39, 0.29) is 0 Å². The fourth-order valence-electron chi connectivity index (χ4n) is 3.82. The van der Waals surface area contributed by atoms with Crippen molar-refractivity contribution in [1.29, 1.82) is 0 Å². The summed E-state index contributed by atoms with van der Waals surface area (Å²) in [5.74, 6) is 0.604. The summed E-state index contributed by atoms with van der Waals surface area (Å²) in [7, 11) is 0. The van der Waals surface area contributed by atoms with Gasteiger partial charge in [-0.25, -0.2) is 0 Å². The average molecular weight is 300 g/mol. The fourth-order valence-corrected chi connectivity index (χ4v) is 3.82. The number of nitrogens with zero attached hydrogens (tertiary/aromatic N) is 1. The Kier molecular flexibility index (Phi) is 5.49. The number of amides is 1. The molecule has 1 N–H and O–H groups in total. The highest BCUT2D eigenvalue weighted by Crippen LogP contribution is 2.25. The lowest BCUT2D eigenvalue weighted by Crippen LogP contribution is -2.49. The van der Waals surface area contributed by atoms with Gasteiger partial charge in [0, 0.05) is 25.0 Å². The van der Waals surface area contributed by atoms with Gasteiger partial charge in [0.1, 0.15) is 0 Å². The van der Waals surface area contributed by atoms with Crippen molar-refractivity contribution >= 4 is 5.91 Å². The average Bonchev–Trinajstić information content (AvgIpc) is 3.09. The second-order valence-electron chi connectivity index (χ2n) is 6.87. The molecule has 0 bridgehead atoms. The zero-order valence-corrected chi connectivity index (χ0v) is 13.5. The number of nitrogens with one attached hydrogen (secondary N) is 1. The van der Waals surface area contributed by atoms with Crippen molar-refractivity contribution in [1.82, 2.24) is 10.2 Å². The molecule has 2 aliphatic rings. The molecule has 1 atom stereocenters. The molecule has 1 saturated heterocycles. The van der Waals surface area contributed by atoms with Crippen molar-refractivity contribution in [2.24, 2.45) is 5.92 Å². The van der Waals surface area contributed by atoms with E-state index in [9.17, 15) is 4.79 Å². The van der Waals surface area contributed by atoms with Gasteiger partial charge in [0.05, 0.1) is 0 Å². The maximum atomic E-state index is 12.3.